The molecule has 0 aliphatic carbocycles. The van der Waals surface area contributed by atoms with Crippen LogP contribution in [-0.4, -0.2) is 66.5 Å². The summed E-state index contributed by atoms with van der Waals surface area (Å²) in [5, 5.41) is 5.96. The highest BCUT2D eigenvalue weighted by Gasteiger charge is 2.38. The predicted molar refractivity (Wildman–Crippen MR) is 249 cm³/mol. The Kier molecular flexibility index (Phi) is 12.5. The summed E-state index contributed by atoms with van der Waals surface area (Å²) in [6, 6.07) is 25.1. The Bertz CT molecular complexity index is 2710. The fourth-order valence-corrected chi connectivity index (χ4v) is 9.10. The Morgan fingerprint density at radius 3 is 1.86 bits per heavy atom. The first-order chi connectivity index (χ1) is 32.0. The van der Waals surface area contributed by atoms with Gasteiger partial charge in [0.05, 0.1) is 36.4 Å². The monoisotopic (exact) mass is 888 g/mol. The summed E-state index contributed by atoms with van der Waals surface area (Å²) in [7, 11) is 0. The van der Waals surface area contributed by atoms with Crippen LogP contribution in [0.4, 0.5) is 0 Å². The largest absolute Gasteiger partial charge is 0.488 e. The molecule has 3 aliphatic rings. The van der Waals surface area contributed by atoms with Crippen LogP contribution in [0.15, 0.2) is 97.3 Å². The van der Waals surface area contributed by atoms with Gasteiger partial charge in [0, 0.05) is 58.3 Å². The van der Waals surface area contributed by atoms with Crippen molar-refractivity contribution in [3.05, 3.63) is 131 Å². The van der Waals surface area contributed by atoms with Gasteiger partial charge < -0.3 is 39.9 Å². The van der Waals surface area contributed by atoms with E-state index in [4.69, 9.17) is 19.4 Å². The molecule has 0 saturated carbocycles. The summed E-state index contributed by atoms with van der Waals surface area (Å²) < 4.78 is 13.0. The lowest BCUT2D eigenvalue weighted by molar-refractivity contribution is -0.138. The van der Waals surface area contributed by atoms with Gasteiger partial charge in [-0.2, -0.15) is 0 Å². The maximum Gasteiger partial charge on any atom is 0.250 e. The van der Waals surface area contributed by atoms with Gasteiger partial charge in [0.15, 0.2) is 0 Å². The highest BCUT2D eigenvalue weighted by molar-refractivity contribution is 5.91. The molecule has 1 fully saturated rings. The average Bonchev–Trinajstić information content (AvgIpc) is 4.14. The molecule has 0 bridgehead atoms. The molecule has 9 rings (SSSR count). The minimum absolute atomic E-state index is 0.155. The lowest BCUT2D eigenvalue weighted by Gasteiger charge is -2.30. The number of rotatable bonds is 15. The molecule has 0 spiro atoms. The number of H-pyrrole nitrogens is 2. The molecule has 0 radical (unpaired) electrons. The zero-order valence-corrected chi connectivity index (χ0v) is 38.0. The number of hydrogen-bond donors (Lipinski definition) is 4. The second-order valence-corrected chi connectivity index (χ2v) is 18.0. The first kappa shape index (κ1) is 44.0. The molecule has 5 heterocycles. The van der Waals surface area contributed by atoms with Crippen LogP contribution in [0.2, 0.25) is 0 Å². The van der Waals surface area contributed by atoms with E-state index in [9.17, 15) is 19.2 Å². The van der Waals surface area contributed by atoms with E-state index in [2.05, 4.69) is 32.7 Å². The summed E-state index contributed by atoms with van der Waals surface area (Å²) in [5.74, 6) is 1.57. The molecular formula is C52H56N8O6. The number of imidazole rings is 2. The fraction of sp³-hybridized carbons (Fsp3) is 0.346. The van der Waals surface area contributed by atoms with E-state index in [0.29, 0.717) is 38.0 Å². The van der Waals surface area contributed by atoms with Crippen molar-refractivity contribution < 1.29 is 28.7 Å². The second-order valence-electron chi connectivity index (χ2n) is 18.0. The van der Waals surface area contributed by atoms with Crippen molar-refractivity contribution in [2.75, 3.05) is 13.1 Å². The van der Waals surface area contributed by atoms with Gasteiger partial charge in [-0.25, -0.2) is 9.97 Å². The van der Waals surface area contributed by atoms with Crippen molar-refractivity contribution in [1.82, 2.24) is 40.4 Å². The number of ether oxygens (including phenoxy) is 2. The zero-order chi connectivity index (χ0) is 46.1. The SMILES string of the molecule is CCCN(Cc1ncc(-c2cc3c4c(c2)OCc2cc(-c5cnc([C@@H]6CCCN6C(=O)[C@H](NC(=O)C(C)C)c6ccccc6)[nH]5)cc(c2-4)OC3)[nH]1)C(=O)[C@H](NC(=O)C(C)C)c1ccccc1. The van der Waals surface area contributed by atoms with Crippen molar-refractivity contribution in [3.63, 3.8) is 0 Å². The molecule has 3 atom stereocenters. The van der Waals surface area contributed by atoms with Gasteiger partial charge in [0.2, 0.25) is 23.6 Å². The second kappa shape index (κ2) is 18.7. The van der Waals surface area contributed by atoms with Crippen LogP contribution in [0.3, 0.4) is 0 Å². The third-order valence-electron chi connectivity index (χ3n) is 12.6. The maximum atomic E-state index is 14.2. The first-order valence-electron chi connectivity index (χ1n) is 23.0. The first-order valence-corrected chi connectivity index (χ1v) is 23.0. The van der Waals surface area contributed by atoms with Crippen molar-refractivity contribution in [2.45, 2.75) is 91.8 Å². The van der Waals surface area contributed by atoms with Crippen molar-refractivity contribution in [3.8, 4) is 45.1 Å². The maximum absolute atomic E-state index is 14.2. The third kappa shape index (κ3) is 8.79. The standard InChI is InChI=1S/C52H56N8O6/c1-6-19-59(51(63)46(57-49(61)30(2)3)32-14-9-7-10-15-32)27-43-53-25-38(55-43)34-21-36-28-66-42-24-35(22-37-29-65-41(23-34)44(36)45(37)42)39-26-54-48(56-39)40-18-13-20-60(40)52(64)47(58-50(62)31(4)5)33-16-11-8-12-17-33/h7-12,14-17,21-26,30-31,40,46-47H,6,13,18-20,27-29H2,1-5H3,(H,53,55)(H,54,56)(H,57,61)(H,58,62)/t40-,46+,47+/m0/s1. The van der Waals surface area contributed by atoms with Crippen LogP contribution in [-0.2, 0) is 38.9 Å². The Balaban J connectivity index is 0.930. The normalized spacial score (nSPS) is 15.7. The predicted octanol–water partition coefficient (Wildman–Crippen LogP) is 8.35. The van der Waals surface area contributed by atoms with Crippen LogP contribution in [0.5, 0.6) is 11.5 Å². The van der Waals surface area contributed by atoms with Gasteiger partial charge in [-0.15, -0.1) is 0 Å². The number of carbonyl (C=O) groups excluding carboxylic acids is 4. The van der Waals surface area contributed by atoms with Crippen LogP contribution >= 0.6 is 0 Å². The molecule has 2 aromatic heterocycles. The Labute approximate surface area is 384 Å². The number of carbonyl (C=O) groups is 4. The van der Waals surface area contributed by atoms with Crippen LogP contribution in [0.25, 0.3) is 33.6 Å². The number of benzene rings is 4. The Morgan fingerprint density at radius 1 is 0.742 bits per heavy atom. The lowest BCUT2D eigenvalue weighted by atomic mass is 9.87. The number of amides is 4. The summed E-state index contributed by atoms with van der Waals surface area (Å²) in [6.45, 7) is 11.2. The minimum atomic E-state index is -0.820. The van der Waals surface area contributed by atoms with Crippen molar-refractivity contribution in [1.29, 1.82) is 0 Å². The van der Waals surface area contributed by atoms with E-state index in [-0.39, 0.29) is 48.1 Å². The third-order valence-corrected chi connectivity index (χ3v) is 12.6. The summed E-state index contributed by atoms with van der Waals surface area (Å²) in [5.41, 5.74) is 8.83. The highest BCUT2D eigenvalue weighted by Crippen LogP contribution is 2.51. The van der Waals surface area contributed by atoms with Gasteiger partial charge in [-0.05, 0) is 54.7 Å². The molecule has 0 unspecified atom stereocenters. The Hall–Kier alpha value is -7.22. The van der Waals surface area contributed by atoms with Gasteiger partial charge in [-0.3, -0.25) is 19.2 Å². The molecule has 4 N–H and O–H groups in total. The molecule has 4 aromatic carbocycles. The molecular weight excluding hydrogens is 833 g/mol. The van der Waals surface area contributed by atoms with Crippen molar-refractivity contribution in [2.24, 2.45) is 11.8 Å². The van der Waals surface area contributed by atoms with E-state index >= 15 is 0 Å². The van der Waals surface area contributed by atoms with Gasteiger partial charge >= 0.3 is 0 Å². The molecule has 1 saturated heterocycles. The molecule has 4 amide bonds. The minimum Gasteiger partial charge on any atom is -0.488 e. The van der Waals surface area contributed by atoms with E-state index in [0.717, 1.165) is 86.7 Å². The molecule has 6 aromatic rings. The number of aromatic amines is 2. The fourth-order valence-electron chi connectivity index (χ4n) is 9.10. The van der Waals surface area contributed by atoms with Crippen LogP contribution in [0, 0.1) is 11.8 Å². The number of likely N-dealkylation sites (tertiary alicyclic amines) is 1. The smallest absolute Gasteiger partial charge is 0.250 e. The number of hydrogen-bond acceptors (Lipinski definition) is 8. The number of aromatic nitrogens is 4. The quantitative estimate of drug-likeness (QED) is 0.0796. The summed E-state index contributed by atoms with van der Waals surface area (Å²) in [6.07, 6.45) is 5.88. The lowest BCUT2D eigenvalue weighted by Crippen LogP contribution is -2.44. The number of nitrogens with zero attached hydrogens (tertiary/aromatic N) is 4. The molecule has 340 valence electrons. The highest BCUT2D eigenvalue weighted by atomic mass is 16.5. The molecule has 3 aliphatic heterocycles. The summed E-state index contributed by atoms with van der Waals surface area (Å²) in [4.78, 5) is 74.1. The van der Waals surface area contributed by atoms with E-state index in [1.165, 1.54) is 0 Å². The summed E-state index contributed by atoms with van der Waals surface area (Å²) >= 11 is 0. The molecule has 66 heavy (non-hydrogen) atoms. The zero-order valence-electron chi connectivity index (χ0n) is 38.0. The van der Waals surface area contributed by atoms with E-state index < -0.39 is 12.1 Å². The van der Waals surface area contributed by atoms with Crippen molar-refractivity contribution >= 4 is 23.6 Å². The molecule has 14 nitrogen and oxygen atoms in total. The van der Waals surface area contributed by atoms with Gasteiger partial charge in [0.1, 0.15) is 48.4 Å². The molecule has 14 heteroatoms. The van der Waals surface area contributed by atoms with Gasteiger partial charge in [-0.1, -0.05) is 95.3 Å². The van der Waals surface area contributed by atoms with Gasteiger partial charge in [0.25, 0.3) is 0 Å². The topological polar surface area (TPSA) is 175 Å². The average molecular weight is 889 g/mol. The van der Waals surface area contributed by atoms with E-state index in [1.807, 2.05) is 112 Å². The van der Waals surface area contributed by atoms with Crippen LogP contribution in [0.1, 0.15) is 106 Å². The van der Waals surface area contributed by atoms with Crippen LogP contribution < -0.4 is 20.1 Å². The number of nitrogens with one attached hydrogen (secondary N) is 4. The van der Waals surface area contributed by atoms with E-state index in [1.54, 1.807) is 17.3 Å². The Morgan fingerprint density at radius 2 is 1.29 bits per heavy atom.